The van der Waals surface area contributed by atoms with E-state index in [0.717, 1.165) is 24.3 Å². The van der Waals surface area contributed by atoms with Crippen LogP contribution in [-0.2, 0) is 4.74 Å². The molecule has 1 fully saturated rings. The van der Waals surface area contributed by atoms with Crippen molar-refractivity contribution in [2.75, 3.05) is 29.0 Å². The Labute approximate surface area is 126 Å². The van der Waals surface area contributed by atoms with Crippen molar-refractivity contribution in [1.82, 2.24) is 0 Å². The first kappa shape index (κ1) is 15.5. The zero-order chi connectivity index (χ0) is 15.6. The molecule has 1 aliphatic rings. The maximum Gasteiger partial charge on any atom is 0.412 e. The van der Waals surface area contributed by atoms with E-state index in [1.54, 1.807) is 0 Å². The second-order valence-corrected chi connectivity index (χ2v) is 6.55. The van der Waals surface area contributed by atoms with Crippen molar-refractivity contribution in [3.63, 3.8) is 0 Å². The Hall–Kier alpha value is -1.91. The lowest BCUT2D eigenvalue weighted by Gasteiger charge is -2.23. The Morgan fingerprint density at radius 1 is 1.29 bits per heavy atom. The van der Waals surface area contributed by atoms with Gasteiger partial charge in [0.15, 0.2) is 0 Å². The molecule has 21 heavy (non-hydrogen) atoms. The van der Waals surface area contributed by atoms with E-state index < -0.39 is 11.7 Å². The standard InChI is InChI=1S/C16H25N3O2/c1-11-9-12(17)13(18-15(20)21-16(2,3)4)10-14(11)19-7-5-6-8-19/h9-10H,5-8,17H2,1-4H3,(H,18,20). The molecule has 5 heteroatoms. The molecule has 5 nitrogen and oxygen atoms in total. The van der Waals surface area contributed by atoms with Crippen molar-refractivity contribution >= 4 is 23.2 Å². The first-order chi connectivity index (χ1) is 9.76. The molecule has 1 saturated heterocycles. The molecular formula is C16H25N3O2. The predicted octanol–water partition coefficient (Wildman–Crippen LogP) is 3.52. The summed E-state index contributed by atoms with van der Waals surface area (Å²) in [5, 5.41) is 2.75. The number of nitrogens with two attached hydrogens (primary N) is 1. The molecule has 3 N–H and O–H groups in total. The molecule has 1 amide bonds. The number of ether oxygens (including phenoxy) is 1. The van der Waals surface area contributed by atoms with Gasteiger partial charge >= 0.3 is 6.09 Å². The summed E-state index contributed by atoms with van der Waals surface area (Å²) in [5.74, 6) is 0. The SMILES string of the molecule is Cc1cc(N)c(NC(=O)OC(C)(C)C)cc1N1CCCC1. The minimum absolute atomic E-state index is 0.481. The van der Waals surface area contributed by atoms with Gasteiger partial charge in [-0.25, -0.2) is 4.79 Å². The van der Waals surface area contributed by atoms with Gasteiger partial charge in [-0.1, -0.05) is 0 Å². The summed E-state index contributed by atoms with van der Waals surface area (Å²) in [5.41, 5.74) is 8.91. The number of amides is 1. The summed E-state index contributed by atoms with van der Waals surface area (Å²) < 4.78 is 5.27. The van der Waals surface area contributed by atoms with Crippen LogP contribution in [-0.4, -0.2) is 24.8 Å². The number of aryl methyl sites for hydroxylation is 1. The van der Waals surface area contributed by atoms with Crippen molar-refractivity contribution < 1.29 is 9.53 Å². The lowest BCUT2D eigenvalue weighted by atomic mass is 10.1. The first-order valence-electron chi connectivity index (χ1n) is 7.41. The van der Waals surface area contributed by atoms with Gasteiger partial charge in [-0.3, -0.25) is 5.32 Å². The van der Waals surface area contributed by atoms with E-state index in [9.17, 15) is 4.79 Å². The van der Waals surface area contributed by atoms with Crippen LogP contribution in [0.2, 0.25) is 0 Å². The molecule has 0 saturated carbocycles. The average molecular weight is 291 g/mol. The van der Waals surface area contributed by atoms with Crippen molar-refractivity contribution in [2.45, 2.75) is 46.1 Å². The van der Waals surface area contributed by atoms with Crippen LogP contribution in [0.5, 0.6) is 0 Å². The Balaban J connectivity index is 2.19. The minimum atomic E-state index is -0.526. The second-order valence-electron chi connectivity index (χ2n) is 6.55. The van der Waals surface area contributed by atoms with Crippen LogP contribution in [0.15, 0.2) is 12.1 Å². The van der Waals surface area contributed by atoms with E-state index in [1.807, 2.05) is 39.8 Å². The summed E-state index contributed by atoms with van der Waals surface area (Å²) in [6, 6.07) is 3.85. The third-order valence-corrected chi connectivity index (χ3v) is 3.45. The number of carbonyl (C=O) groups excluding carboxylic acids is 1. The highest BCUT2D eigenvalue weighted by atomic mass is 16.6. The Morgan fingerprint density at radius 3 is 2.48 bits per heavy atom. The Morgan fingerprint density at radius 2 is 1.90 bits per heavy atom. The molecular weight excluding hydrogens is 266 g/mol. The molecule has 0 aromatic heterocycles. The van der Waals surface area contributed by atoms with E-state index in [1.165, 1.54) is 12.8 Å². The van der Waals surface area contributed by atoms with Gasteiger partial charge in [0.1, 0.15) is 5.60 Å². The number of anilines is 3. The molecule has 0 unspecified atom stereocenters. The maximum atomic E-state index is 11.9. The number of benzene rings is 1. The monoisotopic (exact) mass is 291 g/mol. The van der Waals surface area contributed by atoms with E-state index in [0.29, 0.717) is 11.4 Å². The van der Waals surface area contributed by atoms with E-state index >= 15 is 0 Å². The Kier molecular flexibility index (Phi) is 4.30. The highest BCUT2D eigenvalue weighted by molar-refractivity contribution is 5.91. The molecule has 0 bridgehead atoms. The largest absolute Gasteiger partial charge is 0.444 e. The fourth-order valence-electron chi connectivity index (χ4n) is 2.54. The lowest BCUT2D eigenvalue weighted by Crippen LogP contribution is -2.27. The van der Waals surface area contributed by atoms with Crippen LogP contribution >= 0.6 is 0 Å². The third kappa shape index (κ3) is 4.03. The van der Waals surface area contributed by atoms with Gasteiger partial charge in [0.2, 0.25) is 0 Å². The van der Waals surface area contributed by atoms with E-state index in [-0.39, 0.29) is 0 Å². The molecule has 0 aliphatic carbocycles. The average Bonchev–Trinajstić information content (AvgIpc) is 2.83. The van der Waals surface area contributed by atoms with Crippen LogP contribution < -0.4 is 16.0 Å². The number of nitrogen functional groups attached to an aromatic ring is 1. The van der Waals surface area contributed by atoms with Gasteiger partial charge in [-0.15, -0.1) is 0 Å². The van der Waals surface area contributed by atoms with Crippen molar-refractivity contribution in [3.05, 3.63) is 17.7 Å². The molecule has 0 atom stereocenters. The molecule has 0 radical (unpaired) electrons. The number of nitrogens with one attached hydrogen (secondary N) is 1. The molecule has 2 rings (SSSR count). The molecule has 1 aliphatic heterocycles. The minimum Gasteiger partial charge on any atom is -0.444 e. The number of nitrogens with zero attached hydrogens (tertiary/aromatic N) is 1. The highest BCUT2D eigenvalue weighted by Crippen LogP contribution is 2.32. The normalized spacial score (nSPS) is 15.1. The molecule has 0 spiro atoms. The van der Waals surface area contributed by atoms with Crippen LogP contribution in [0.1, 0.15) is 39.2 Å². The third-order valence-electron chi connectivity index (χ3n) is 3.45. The molecule has 1 heterocycles. The quantitative estimate of drug-likeness (QED) is 0.818. The summed E-state index contributed by atoms with van der Waals surface area (Å²) in [6.07, 6.45) is 1.93. The second kappa shape index (κ2) is 5.84. The van der Waals surface area contributed by atoms with Crippen LogP contribution in [0, 0.1) is 6.92 Å². The molecule has 1 aromatic rings. The van der Waals surface area contributed by atoms with Gasteiger partial charge in [0, 0.05) is 18.8 Å². The number of carbonyl (C=O) groups is 1. The number of rotatable bonds is 2. The number of hydrogen-bond acceptors (Lipinski definition) is 4. The van der Waals surface area contributed by atoms with Gasteiger partial charge in [0.25, 0.3) is 0 Å². The zero-order valence-corrected chi connectivity index (χ0v) is 13.3. The van der Waals surface area contributed by atoms with Crippen LogP contribution in [0.4, 0.5) is 21.9 Å². The van der Waals surface area contributed by atoms with Crippen molar-refractivity contribution in [2.24, 2.45) is 0 Å². The van der Waals surface area contributed by atoms with Crippen LogP contribution in [0.25, 0.3) is 0 Å². The summed E-state index contributed by atoms with van der Waals surface area (Å²) in [4.78, 5) is 14.2. The smallest absolute Gasteiger partial charge is 0.412 e. The summed E-state index contributed by atoms with van der Waals surface area (Å²) >= 11 is 0. The van der Waals surface area contributed by atoms with E-state index in [4.69, 9.17) is 10.5 Å². The summed E-state index contributed by atoms with van der Waals surface area (Å²) in [7, 11) is 0. The zero-order valence-electron chi connectivity index (χ0n) is 13.3. The van der Waals surface area contributed by atoms with E-state index in [2.05, 4.69) is 10.2 Å². The highest BCUT2D eigenvalue weighted by Gasteiger charge is 2.19. The lowest BCUT2D eigenvalue weighted by molar-refractivity contribution is 0.0636. The summed E-state index contributed by atoms with van der Waals surface area (Å²) in [6.45, 7) is 9.65. The number of hydrogen-bond donors (Lipinski definition) is 2. The van der Waals surface area contributed by atoms with Crippen molar-refractivity contribution in [3.8, 4) is 0 Å². The molecule has 1 aromatic carbocycles. The van der Waals surface area contributed by atoms with Gasteiger partial charge in [-0.05, 0) is 58.2 Å². The fraction of sp³-hybridized carbons (Fsp3) is 0.562. The topological polar surface area (TPSA) is 67.6 Å². The fourth-order valence-corrected chi connectivity index (χ4v) is 2.54. The van der Waals surface area contributed by atoms with Gasteiger partial charge in [-0.2, -0.15) is 0 Å². The van der Waals surface area contributed by atoms with Crippen molar-refractivity contribution in [1.29, 1.82) is 0 Å². The van der Waals surface area contributed by atoms with Gasteiger partial charge < -0.3 is 15.4 Å². The Bertz CT molecular complexity index is 529. The van der Waals surface area contributed by atoms with Gasteiger partial charge in [0.05, 0.1) is 11.4 Å². The maximum absolute atomic E-state index is 11.9. The van der Waals surface area contributed by atoms with Crippen LogP contribution in [0.3, 0.4) is 0 Å². The molecule has 116 valence electrons. The predicted molar refractivity (Wildman–Crippen MR) is 86.9 cm³/mol. The first-order valence-corrected chi connectivity index (χ1v) is 7.41.